The first-order chi connectivity index (χ1) is 16.5. The van der Waals surface area contributed by atoms with Gasteiger partial charge >= 0.3 is 5.97 Å². The molecule has 0 atom stereocenters. The lowest BCUT2D eigenvalue weighted by Gasteiger charge is -2.28. The van der Waals surface area contributed by atoms with Crippen LogP contribution in [0.5, 0.6) is 0 Å². The van der Waals surface area contributed by atoms with Crippen molar-refractivity contribution in [3.63, 3.8) is 0 Å². The van der Waals surface area contributed by atoms with Crippen molar-refractivity contribution in [1.82, 2.24) is 9.78 Å². The topological polar surface area (TPSA) is 64.4 Å². The van der Waals surface area contributed by atoms with Crippen molar-refractivity contribution in [3.05, 3.63) is 60.2 Å². The maximum Gasteiger partial charge on any atom is 0.329 e. The molecule has 1 N–H and O–H groups in total. The predicted molar refractivity (Wildman–Crippen MR) is 129 cm³/mol. The van der Waals surface area contributed by atoms with Gasteiger partial charge in [-0.2, -0.15) is 5.10 Å². The minimum Gasteiger partial charge on any atom is -0.480 e. The number of benzene rings is 2. The van der Waals surface area contributed by atoms with Crippen LogP contribution >= 0.6 is 11.8 Å². The van der Waals surface area contributed by atoms with Crippen LogP contribution in [0.4, 0.5) is 8.78 Å². The van der Waals surface area contributed by atoms with E-state index in [1.807, 2.05) is 41.3 Å². The van der Waals surface area contributed by atoms with E-state index in [2.05, 4.69) is 0 Å². The van der Waals surface area contributed by atoms with E-state index in [1.165, 1.54) is 23.9 Å². The lowest BCUT2D eigenvalue weighted by atomic mass is 9.82. The molecule has 4 rings (SSSR count). The normalized spacial score (nSPS) is 18.2. The smallest absolute Gasteiger partial charge is 0.329 e. The van der Waals surface area contributed by atoms with Gasteiger partial charge in [-0.3, -0.25) is 4.68 Å². The summed E-state index contributed by atoms with van der Waals surface area (Å²) in [6.45, 7) is 0.914. The zero-order chi connectivity index (χ0) is 24.1. The number of nitrogens with zero attached hydrogens (tertiary/aromatic N) is 2. The fourth-order valence-corrected chi connectivity index (χ4v) is 5.27. The van der Waals surface area contributed by atoms with Crippen LogP contribution in [0.1, 0.15) is 25.7 Å². The van der Waals surface area contributed by atoms with Gasteiger partial charge in [0.15, 0.2) is 0 Å². The van der Waals surface area contributed by atoms with E-state index >= 15 is 0 Å². The zero-order valence-corrected chi connectivity index (χ0v) is 19.9. The monoisotopic (exact) mass is 486 g/mol. The van der Waals surface area contributed by atoms with Crippen LogP contribution in [-0.4, -0.2) is 40.3 Å². The first-order valence-corrected chi connectivity index (χ1v) is 12.6. The maximum absolute atomic E-state index is 14.9. The third-order valence-electron chi connectivity index (χ3n) is 6.34. The summed E-state index contributed by atoms with van der Waals surface area (Å²) in [5, 5.41) is 14.3. The summed E-state index contributed by atoms with van der Waals surface area (Å²) in [5.74, 6) is -1.39. The zero-order valence-electron chi connectivity index (χ0n) is 19.0. The summed E-state index contributed by atoms with van der Waals surface area (Å²) >= 11 is 1.45. The quantitative estimate of drug-likeness (QED) is 0.369. The second-order valence-corrected chi connectivity index (χ2v) is 9.50. The van der Waals surface area contributed by atoms with Gasteiger partial charge in [-0.25, -0.2) is 13.6 Å². The highest BCUT2D eigenvalue weighted by Crippen LogP contribution is 2.41. The summed E-state index contributed by atoms with van der Waals surface area (Å²) in [6.07, 6.45) is 5.84. The molecule has 1 heterocycles. The molecule has 1 aromatic heterocycles. The Hall–Kier alpha value is -2.71. The van der Waals surface area contributed by atoms with E-state index in [1.54, 1.807) is 0 Å². The second-order valence-electron chi connectivity index (χ2n) is 8.70. The molecule has 5 nitrogen and oxygen atoms in total. The van der Waals surface area contributed by atoms with E-state index in [0.717, 1.165) is 43.0 Å². The summed E-state index contributed by atoms with van der Waals surface area (Å²) in [7, 11) is 0. The summed E-state index contributed by atoms with van der Waals surface area (Å²) < 4.78 is 35.8. The standard InChI is InChI=1S/C26H28F2N2O3S/c1-34-26-24(21-12-11-20(27)13-22(21)28)25(19-5-3-2-4-6-19)30(29-26)14-17-7-9-18(10-8-17)15-33-16-23(31)32/h2-6,11-13,17-18H,7-10,14-16H2,1H3,(H,31,32). The average molecular weight is 487 g/mol. The number of carboxylic acid groups (broad SMARTS) is 1. The first kappa shape index (κ1) is 24.4. The van der Waals surface area contributed by atoms with Crippen molar-refractivity contribution in [1.29, 1.82) is 0 Å². The molecule has 0 bridgehead atoms. The van der Waals surface area contributed by atoms with Gasteiger partial charge in [0.05, 0.1) is 12.3 Å². The van der Waals surface area contributed by atoms with Gasteiger partial charge < -0.3 is 9.84 Å². The number of halogens is 2. The first-order valence-electron chi connectivity index (χ1n) is 11.4. The van der Waals surface area contributed by atoms with Crippen LogP contribution in [0.25, 0.3) is 22.4 Å². The largest absolute Gasteiger partial charge is 0.480 e. The number of aliphatic carboxylic acids is 1. The molecule has 0 amide bonds. The highest BCUT2D eigenvalue weighted by molar-refractivity contribution is 7.98. The van der Waals surface area contributed by atoms with E-state index in [0.29, 0.717) is 41.1 Å². The molecular weight excluding hydrogens is 458 g/mol. The molecule has 1 fully saturated rings. The summed E-state index contributed by atoms with van der Waals surface area (Å²) in [5.41, 5.74) is 2.80. The Morgan fingerprint density at radius 2 is 1.82 bits per heavy atom. The molecule has 3 aromatic rings. The second kappa shape index (κ2) is 11.1. The number of ether oxygens (including phenoxy) is 1. The highest BCUT2D eigenvalue weighted by atomic mass is 32.2. The van der Waals surface area contributed by atoms with Crippen LogP contribution < -0.4 is 0 Å². The number of hydrogen-bond donors (Lipinski definition) is 1. The molecule has 180 valence electrons. The molecule has 0 unspecified atom stereocenters. The van der Waals surface area contributed by atoms with E-state index in [-0.39, 0.29) is 6.61 Å². The van der Waals surface area contributed by atoms with Gasteiger partial charge in [0.25, 0.3) is 0 Å². The van der Waals surface area contributed by atoms with Crippen LogP contribution in [0.3, 0.4) is 0 Å². The Balaban J connectivity index is 1.61. The van der Waals surface area contributed by atoms with E-state index in [9.17, 15) is 13.6 Å². The fraction of sp³-hybridized carbons (Fsp3) is 0.385. The van der Waals surface area contributed by atoms with Crippen molar-refractivity contribution >= 4 is 17.7 Å². The molecule has 1 saturated carbocycles. The Kier molecular flexibility index (Phi) is 8.00. The van der Waals surface area contributed by atoms with Crippen molar-refractivity contribution in [2.75, 3.05) is 19.5 Å². The molecule has 34 heavy (non-hydrogen) atoms. The van der Waals surface area contributed by atoms with Gasteiger partial charge in [0.2, 0.25) is 0 Å². The molecule has 1 aliphatic carbocycles. The van der Waals surface area contributed by atoms with Crippen molar-refractivity contribution in [2.45, 2.75) is 37.3 Å². The molecule has 0 saturated heterocycles. The third kappa shape index (κ3) is 5.67. The number of carboxylic acids is 1. The maximum atomic E-state index is 14.9. The number of thioether (sulfide) groups is 1. The lowest BCUT2D eigenvalue weighted by molar-refractivity contribution is -0.142. The average Bonchev–Trinajstić information content (AvgIpc) is 3.18. The van der Waals surface area contributed by atoms with Crippen molar-refractivity contribution in [2.24, 2.45) is 11.8 Å². The number of carbonyl (C=O) groups is 1. The summed E-state index contributed by atoms with van der Waals surface area (Å²) in [4.78, 5) is 10.7. The molecule has 1 aliphatic rings. The third-order valence-corrected chi connectivity index (χ3v) is 7.01. The van der Waals surface area contributed by atoms with Gasteiger partial charge in [0, 0.05) is 29.3 Å². The van der Waals surface area contributed by atoms with Crippen LogP contribution in [0, 0.1) is 23.5 Å². The van der Waals surface area contributed by atoms with Crippen LogP contribution in [0.2, 0.25) is 0 Å². The number of aromatic nitrogens is 2. The van der Waals surface area contributed by atoms with E-state index < -0.39 is 17.6 Å². The van der Waals surface area contributed by atoms with Crippen molar-refractivity contribution < 1.29 is 23.4 Å². The predicted octanol–water partition coefficient (Wildman–Crippen LogP) is 6.12. The molecular formula is C26H28F2N2O3S. The fourth-order valence-electron chi connectivity index (χ4n) is 4.68. The number of hydrogen-bond acceptors (Lipinski definition) is 4. The SMILES string of the molecule is CSc1nn(CC2CCC(COCC(=O)O)CC2)c(-c2ccccc2)c1-c1ccc(F)cc1F. The van der Waals surface area contributed by atoms with Gasteiger partial charge in [0.1, 0.15) is 23.3 Å². The molecule has 0 spiro atoms. The molecule has 0 radical (unpaired) electrons. The minimum absolute atomic E-state index is 0.256. The Morgan fingerprint density at radius 3 is 2.47 bits per heavy atom. The Bertz CT molecular complexity index is 1130. The highest BCUT2D eigenvalue weighted by Gasteiger charge is 2.27. The van der Waals surface area contributed by atoms with Gasteiger partial charge in [-0.15, -0.1) is 11.8 Å². The molecule has 0 aliphatic heterocycles. The van der Waals surface area contributed by atoms with Crippen LogP contribution in [-0.2, 0) is 16.1 Å². The summed E-state index contributed by atoms with van der Waals surface area (Å²) in [6, 6.07) is 13.5. The molecule has 2 aromatic carbocycles. The minimum atomic E-state index is -0.946. The van der Waals surface area contributed by atoms with E-state index in [4.69, 9.17) is 14.9 Å². The number of rotatable bonds is 9. The molecule has 8 heteroatoms. The lowest BCUT2D eigenvalue weighted by Crippen LogP contribution is -2.23. The van der Waals surface area contributed by atoms with Crippen LogP contribution in [0.15, 0.2) is 53.6 Å². The van der Waals surface area contributed by atoms with Gasteiger partial charge in [-0.1, -0.05) is 30.3 Å². The Labute approximate surface area is 202 Å². The van der Waals surface area contributed by atoms with Gasteiger partial charge in [-0.05, 0) is 55.9 Å². The Morgan fingerprint density at radius 1 is 1.12 bits per heavy atom. The van der Waals surface area contributed by atoms with Crippen molar-refractivity contribution in [3.8, 4) is 22.4 Å².